The molecule has 1 aromatic heterocycles. The number of carbonyl (C=O) groups is 1. The Labute approximate surface area is 199 Å². The lowest BCUT2D eigenvalue weighted by molar-refractivity contribution is 0.0523. The minimum absolute atomic E-state index is 0.0270. The first-order valence-electron chi connectivity index (χ1n) is 9.73. The van der Waals surface area contributed by atoms with Gasteiger partial charge in [-0.15, -0.1) is 0 Å². The molecule has 34 heavy (non-hydrogen) atoms. The summed E-state index contributed by atoms with van der Waals surface area (Å²) in [6, 6.07) is 2.00. The molecule has 0 spiro atoms. The maximum Gasteiger partial charge on any atom is 0.374 e. The molecule has 0 aliphatic carbocycles. The van der Waals surface area contributed by atoms with Gasteiger partial charge in [0.05, 0.1) is 17.1 Å². The van der Waals surface area contributed by atoms with E-state index in [0.29, 0.717) is 0 Å². The lowest BCUT2D eigenvalue weighted by atomic mass is 10.1. The average molecular weight is 544 g/mol. The number of aromatic nitrogens is 1. The number of carbonyl (C=O) groups excluding carboxylic acids is 1. The van der Waals surface area contributed by atoms with Crippen LogP contribution >= 0.6 is 26.8 Å². The number of ether oxygens (including phenoxy) is 1. The Morgan fingerprint density at radius 1 is 1.12 bits per heavy atom. The predicted octanol–water partition coefficient (Wildman–Crippen LogP) is 3.98. The third-order valence-electron chi connectivity index (χ3n) is 5.14. The molecule has 0 aliphatic rings. The molecule has 1 N–H and O–H groups in total. The van der Waals surface area contributed by atoms with Crippen molar-refractivity contribution in [1.82, 2.24) is 4.57 Å². The second-order valence-corrected chi connectivity index (χ2v) is 12.5. The molecule has 190 valence electrons. The lowest BCUT2D eigenvalue weighted by Gasteiger charge is -2.36. The summed E-state index contributed by atoms with van der Waals surface area (Å²) >= 11 is 5.89. The number of fused-ring (bicyclic) bond motifs is 1. The Balaban J connectivity index is 2.76. The van der Waals surface area contributed by atoms with Crippen molar-refractivity contribution in [2.75, 3.05) is 35.0 Å². The Hall–Kier alpha value is -1.62. The molecular weight excluding hydrogens is 519 g/mol. The largest absolute Gasteiger partial charge is 0.462 e. The van der Waals surface area contributed by atoms with E-state index in [4.69, 9.17) is 34.4 Å². The Morgan fingerprint density at radius 3 is 2.12 bits per heavy atom. The highest BCUT2D eigenvalue weighted by Crippen LogP contribution is 2.77. The molecule has 0 bridgehead atoms. The van der Waals surface area contributed by atoms with Gasteiger partial charge in [-0.05, 0) is 19.1 Å². The van der Waals surface area contributed by atoms with E-state index in [9.17, 15) is 28.2 Å². The number of hydrogen-bond donors (Lipinski definition) is 1. The summed E-state index contributed by atoms with van der Waals surface area (Å²) < 4.78 is 66.2. The van der Waals surface area contributed by atoms with Crippen LogP contribution < -0.4 is 5.43 Å². The van der Waals surface area contributed by atoms with Gasteiger partial charge in [-0.2, -0.15) is 0 Å². The fourth-order valence-corrected chi connectivity index (χ4v) is 7.91. The van der Waals surface area contributed by atoms with Crippen molar-refractivity contribution >= 4 is 43.7 Å². The number of rotatable bonds is 11. The zero-order valence-electron chi connectivity index (χ0n) is 19.1. The van der Waals surface area contributed by atoms with Crippen molar-refractivity contribution in [3.63, 3.8) is 0 Å². The van der Waals surface area contributed by atoms with Crippen molar-refractivity contribution in [1.29, 1.82) is 0 Å². The Bertz CT molecular complexity index is 1190. The smallest absolute Gasteiger partial charge is 0.374 e. The molecule has 0 fully saturated rings. The summed E-state index contributed by atoms with van der Waals surface area (Å²) in [5, 5.41) is 7.98. The van der Waals surface area contributed by atoms with Crippen LogP contribution in [0.15, 0.2) is 23.1 Å². The highest BCUT2D eigenvalue weighted by atomic mass is 35.5. The molecular formula is C19H25ClFNO10P2. The number of pyridine rings is 1. The quantitative estimate of drug-likeness (QED) is 0.327. The molecule has 2 aromatic rings. The van der Waals surface area contributed by atoms with Crippen LogP contribution in [0.5, 0.6) is 0 Å². The topological polar surface area (TPSA) is 140 Å². The normalized spacial score (nSPS) is 12.8. The maximum atomic E-state index is 14.1. The average Bonchev–Trinajstić information content (AvgIpc) is 2.83. The molecule has 15 heteroatoms. The van der Waals surface area contributed by atoms with E-state index in [1.807, 2.05) is 0 Å². The van der Waals surface area contributed by atoms with Crippen molar-refractivity contribution in [2.24, 2.45) is 0 Å². The molecule has 1 heterocycles. The fraction of sp³-hybridized carbons (Fsp3) is 0.474. The van der Waals surface area contributed by atoms with E-state index < -0.39 is 49.5 Å². The number of halogens is 2. The van der Waals surface area contributed by atoms with E-state index >= 15 is 0 Å². The Morgan fingerprint density at radius 2 is 1.65 bits per heavy atom. The molecule has 2 rings (SSSR count). The van der Waals surface area contributed by atoms with Gasteiger partial charge in [0.2, 0.25) is 5.43 Å². The third kappa shape index (κ3) is 4.87. The highest BCUT2D eigenvalue weighted by molar-refractivity contribution is 7.73. The molecule has 0 aliphatic heterocycles. The van der Waals surface area contributed by atoms with Crippen LogP contribution in [0, 0.1) is 5.82 Å². The molecule has 0 saturated carbocycles. The molecule has 1 aromatic carbocycles. The number of benzene rings is 1. The summed E-state index contributed by atoms with van der Waals surface area (Å²) in [5.41, 5.74) is -1.17. The van der Waals surface area contributed by atoms with Crippen LogP contribution in [0.4, 0.5) is 4.39 Å². The number of esters is 1. The molecule has 11 nitrogen and oxygen atoms in total. The van der Waals surface area contributed by atoms with Crippen LogP contribution in [0.2, 0.25) is 5.02 Å². The van der Waals surface area contributed by atoms with Gasteiger partial charge in [0, 0.05) is 53.0 Å². The second-order valence-electron chi connectivity index (χ2n) is 6.82. The Kier molecular flexibility index (Phi) is 9.23. The summed E-state index contributed by atoms with van der Waals surface area (Å²) in [6.45, 7) is 1.16. The van der Waals surface area contributed by atoms with Gasteiger partial charge in [0.25, 0.3) is 5.08 Å². The third-order valence-corrected chi connectivity index (χ3v) is 11.0. The fourth-order valence-electron chi connectivity index (χ4n) is 3.35. The van der Waals surface area contributed by atoms with E-state index in [-0.39, 0.29) is 29.1 Å². The number of aliphatic hydroxyl groups is 1. The van der Waals surface area contributed by atoms with Crippen LogP contribution in [0.3, 0.4) is 0 Å². The minimum Gasteiger partial charge on any atom is -0.462 e. The van der Waals surface area contributed by atoms with Crippen LogP contribution in [-0.4, -0.2) is 55.8 Å². The van der Waals surface area contributed by atoms with Crippen LogP contribution in [-0.2, 0) is 38.5 Å². The molecule has 0 atom stereocenters. The van der Waals surface area contributed by atoms with E-state index in [1.165, 1.54) is 11.5 Å². The van der Waals surface area contributed by atoms with Gasteiger partial charge in [-0.25, -0.2) is 9.18 Å². The SMILES string of the molecule is CCOC(=O)c1cn(CCC(O)(P(=O)(OC)OC)P(=O)(OC)OC)c2cc(Cl)c(F)cc2c1=O. The highest BCUT2D eigenvalue weighted by Gasteiger charge is 2.63. The summed E-state index contributed by atoms with van der Waals surface area (Å²) in [6.07, 6.45) is 0.465. The van der Waals surface area contributed by atoms with Crippen molar-refractivity contribution in [3.8, 4) is 0 Å². The van der Waals surface area contributed by atoms with Gasteiger partial charge in [-0.3, -0.25) is 13.9 Å². The maximum absolute atomic E-state index is 14.1. The lowest BCUT2D eigenvalue weighted by Crippen LogP contribution is -2.33. The summed E-state index contributed by atoms with van der Waals surface area (Å²) in [7, 11) is -5.17. The summed E-state index contributed by atoms with van der Waals surface area (Å²) in [5.74, 6) is -1.87. The van der Waals surface area contributed by atoms with Gasteiger partial charge in [-0.1, -0.05) is 11.6 Å². The van der Waals surface area contributed by atoms with Crippen molar-refractivity contribution in [2.45, 2.75) is 25.0 Å². The zero-order valence-corrected chi connectivity index (χ0v) is 21.6. The minimum atomic E-state index is -4.53. The van der Waals surface area contributed by atoms with Crippen LogP contribution in [0.25, 0.3) is 10.9 Å². The number of hydrogen-bond acceptors (Lipinski definition) is 10. The van der Waals surface area contributed by atoms with Gasteiger partial charge in [0.1, 0.15) is 11.4 Å². The molecule has 0 radical (unpaired) electrons. The molecule has 0 amide bonds. The first-order valence-corrected chi connectivity index (χ1v) is 13.2. The first kappa shape index (κ1) is 28.6. The van der Waals surface area contributed by atoms with Gasteiger partial charge in [0.15, 0.2) is 0 Å². The monoisotopic (exact) mass is 543 g/mol. The summed E-state index contributed by atoms with van der Waals surface area (Å²) in [4.78, 5) is 25.2. The molecule has 0 saturated heterocycles. The number of nitrogens with zero attached hydrogens (tertiary/aromatic N) is 1. The standard InChI is InChI=1S/C19H25ClFNO10P2/c1-6-32-18(24)13-11-22(16-10-14(20)15(21)9-12(16)17(13)23)8-7-19(25,33(26,28-2)29-3)34(27,30-4)31-5/h9-11,25H,6-8H2,1-5H3. The van der Waals surface area contributed by atoms with E-state index in [1.54, 1.807) is 0 Å². The number of aryl methyl sites for hydroxylation is 1. The second kappa shape index (κ2) is 11.0. The van der Waals surface area contributed by atoms with Crippen LogP contribution in [0.1, 0.15) is 23.7 Å². The first-order chi connectivity index (χ1) is 15.9. The molecule has 0 unspecified atom stereocenters. The zero-order chi connectivity index (χ0) is 25.9. The van der Waals surface area contributed by atoms with Gasteiger partial charge < -0.3 is 32.5 Å². The van der Waals surface area contributed by atoms with Crippen molar-refractivity contribution in [3.05, 3.63) is 45.0 Å². The van der Waals surface area contributed by atoms with Gasteiger partial charge >= 0.3 is 21.2 Å². The van der Waals surface area contributed by atoms with E-state index in [0.717, 1.165) is 46.8 Å². The van der Waals surface area contributed by atoms with E-state index in [2.05, 4.69) is 0 Å². The van der Waals surface area contributed by atoms with Crippen molar-refractivity contribution < 1.29 is 46.3 Å². The predicted molar refractivity (Wildman–Crippen MR) is 122 cm³/mol.